The fraction of sp³-hybridized carbons (Fsp3) is 0.182. The zero-order chi connectivity index (χ0) is 11.0. The van der Waals surface area contributed by atoms with E-state index in [0.717, 1.165) is 21.3 Å². The summed E-state index contributed by atoms with van der Waals surface area (Å²) in [6, 6.07) is 7.74. The smallest absolute Gasteiger partial charge is 0.274 e. The number of nitrogens with one attached hydrogen (secondary N) is 1. The Kier molecular flexibility index (Phi) is 2.52. The molecule has 0 spiro atoms. The van der Waals surface area contributed by atoms with Crippen molar-refractivity contribution in [3.63, 3.8) is 0 Å². The van der Waals surface area contributed by atoms with Crippen LogP contribution in [0.25, 0.3) is 11.1 Å². The summed E-state index contributed by atoms with van der Waals surface area (Å²) in [7, 11) is 1.72. The van der Waals surface area contributed by atoms with Crippen LogP contribution in [0.1, 0.15) is 5.69 Å². The fourth-order valence-electron chi connectivity index (χ4n) is 1.67. The molecule has 1 heterocycles. The summed E-state index contributed by atoms with van der Waals surface area (Å²) < 4.78 is 2.47. The Labute approximate surface area is 95.9 Å². The Balaban J connectivity index is 2.69. The molecule has 0 aliphatic heterocycles. The van der Waals surface area contributed by atoms with Crippen LogP contribution in [0.4, 0.5) is 0 Å². The fourth-order valence-corrected chi connectivity index (χ4v) is 2.07. The van der Waals surface area contributed by atoms with Gasteiger partial charge in [-0.05, 0) is 24.6 Å². The lowest BCUT2D eigenvalue weighted by molar-refractivity contribution is 0.731. The second kappa shape index (κ2) is 3.70. The van der Waals surface area contributed by atoms with E-state index in [1.165, 1.54) is 4.68 Å². The number of H-pyrrole nitrogens is 1. The molecule has 2 rings (SSSR count). The molecular formula is C11H11BrN2O. The van der Waals surface area contributed by atoms with Crippen molar-refractivity contribution in [2.45, 2.75) is 6.92 Å². The van der Waals surface area contributed by atoms with Crippen molar-refractivity contribution in [1.82, 2.24) is 9.78 Å². The molecule has 0 saturated heterocycles. The van der Waals surface area contributed by atoms with Gasteiger partial charge in [-0.15, -0.1) is 0 Å². The SMILES string of the molecule is Cc1[nH]n(C)c(=O)c1-c1cccc(Br)c1. The summed E-state index contributed by atoms with van der Waals surface area (Å²) in [4.78, 5) is 11.8. The molecule has 0 aliphatic rings. The minimum Gasteiger partial charge on any atom is -0.300 e. The first-order valence-corrected chi connectivity index (χ1v) is 5.40. The molecule has 3 nitrogen and oxygen atoms in total. The van der Waals surface area contributed by atoms with Gasteiger partial charge in [0.25, 0.3) is 5.56 Å². The van der Waals surface area contributed by atoms with Gasteiger partial charge in [-0.25, -0.2) is 0 Å². The molecular weight excluding hydrogens is 256 g/mol. The van der Waals surface area contributed by atoms with Gasteiger partial charge in [-0.2, -0.15) is 0 Å². The first-order chi connectivity index (χ1) is 7.09. The number of hydrogen-bond donors (Lipinski definition) is 1. The molecule has 2 aromatic rings. The monoisotopic (exact) mass is 266 g/mol. The standard InChI is InChI=1S/C11H11BrN2O/c1-7-10(11(15)14(2)13-7)8-4-3-5-9(12)6-8/h3-6,13H,1-2H3. The number of aromatic nitrogens is 2. The first kappa shape index (κ1) is 10.2. The van der Waals surface area contributed by atoms with Gasteiger partial charge < -0.3 is 0 Å². The highest BCUT2D eigenvalue weighted by atomic mass is 79.9. The summed E-state index contributed by atoms with van der Waals surface area (Å²) in [5.74, 6) is 0. The lowest BCUT2D eigenvalue weighted by Crippen LogP contribution is -2.13. The Morgan fingerprint density at radius 2 is 2.13 bits per heavy atom. The lowest BCUT2D eigenvalue weighted by Gasteiger charge is -1.98. The zero-order valence-electron chi connectivity index (χ0n) is 8.54. The van der Waals surface area contributed by atoms with Crippen LogP contribution in [0.15, 0.2) is 33.5 Å². The normalized spacial score (nSPS) is 10.6. The van der Waals surface area contributed by atoms with Crippen LogP contribution in [0.2, 0.25) is 0 Å². The first-order valence-electron chi connectivity index (χ1n) is 4.61. The van der Waals surface area contributed by atoms with E-state index in [1.54, 1.807) is 7.05 Å². The van der Waals surface area contributed by atoms with Crippen molar-refractivity contribution in [1.29, 1.82) is 0 Å². The molecule has 0 fully saturated rings. The molecule has 1 aromatic carbocycles. The number of aromatic amines is 1. The third kappa shape index (κ3) is 1.77. The van der Waals surface area contributed by atoms with Gasteiger partial charge in [-0.3, -0.25) is 14.6 Å². The Hall–Kier alpha value is -1.29. The van der Waals surface area contributed by atoms with Crippen LogP contribution in [-0.4, -0.2) is 9.78 Å². The predicted molar refractivity (Wildman–Crippen MR) is 63.9 cm³/mol. The van der Waals surface area contributed by atoms with E-state index in [2.05, 4.69) is 21.0 Å². The average molecular weight is 267 g/mol. The third-order valence-electron chi connectivity index (χ3n) is 2.34. The topological polar surface area (TPSA) is 37.8 Å². The molecule has 4 heteroatoms. The van der Waals surface area contributed by atoms with Crippen molar-refractivity contribution in [3.05, 3.63) is 44.8 Å². The maximum atomic E-state index is 11.8. The highest BCUT2D eigenvalue weighted by Gasteiger charge is 2.10. The number of halogens is 1. The molecule has 0 amide bonds. The average Bonchev–Trinajstić information content (AvgIpc) is 2.41. The van der Waals surface area contributed by atoms with Crippen LogP contribution < -0.4 is 5.56 Å². The van der Waals surface area contributed by atoms with E-state index in [4.69, 9.17) is 0 Å². The van der Waals surface area contributed by atoms with Gasteiger partial charge in [0.2, 0.25) is 0 Å². The zero-order valence-corrected chi connectivity index (χ0v) is 10.1. The molecule has 1 N–H and O–H groups in total. The van der Waals surface area contributed by atoms with E-state index in [9.17, 15) is 4.79 Å². The lowest BCUT2D eigenvalue weighted by atomic mass is 10.1. The van der Waals surface area contributed by atoms with Crippen molar-refractivity contribution >= 4 is 15.9 Å². The Morgan fingerprint density at radius 3 is 2.67 bits per heavy atom. The van der Waals surface area contributed by atoms with Crippen molar-refractivity contribution in [2.75, 3.05) is 0 Å². The van der Waals surface area contributed by atoms with Crippen LogP contribution >= 0.6 is 15.9 Å². The van der Waals surface area contributed by atoms with E-state index in [0.29, 0.717) is 0 Å². The second-order valence-corrected chi connectivity index (χ2v) is 4.40. The van der Waals surface area contributed by atoms with E-state index in [-0.39, 0.29) is 5.56 Å². The minimum atomic E-state index is 0.00519. The molecule has 0 unspecified atom stereocenters. The van der Waals surface area contributed by atoms with Gasteiger partial charge >= 0.3 is 0 Å². The van der Waals surface area contributed by atoms with Crippen LogP contribution in [0.3, 0.4) is 0 Å². The molecule has 1 aromatic heterocycles. The summed E-state index contributed by atoms with van der Waals surface area (Å²) in [5, 5.41) is 2.98. The second-order valence-electron chi connectivity index (χ2n) is 3.49. The molecule has 0 saturated carbocycles. The molecule has 78 valence electrons. The van der Waals surface area contributed by atoms with Crippen LogP contribution in [0.5, 0.6) is 0 Å². The Morgan fingerprint density at radius 1 is 1.40 bits per heavy atom. The molecule has 0 atom stereocenters. The quantitative estimate of drug-likeness (QED) is 0.846. The maximum absolute atomic E-state index is 11.8. The third-order valence-corrected chi connectivity index (χ3v) is 2.84. The number of benzene rings is 1. The van der Waals surface area contributed by atoms with Crippen LogP contribution in [0, 0.1) is 6.92 Å². The summed E-state index contributed by atoms with van der Waals surface area (Å²) in [5.41, 5.74) is 2.56. The van der Waals surface area contributed by atoms with Gasteiger partial charge in [0.15, 0.2) is 0 Å². The van der Waals surface area contributed by atoms with Gasteiger partial charge in [0.1, 0.15) is 0 Å². The van der Waals surface area contributed by atoms with E-state index in [1.807, 2.05) is 31.2 Å². The van der Waals surface area contributed by atoms with Gasteiger partial charge in [0.05, 0.1) is 5.56 Å². The summed E-state index contributed by atoms with van der Waals surface area (Å²) in [6.45, 7) is 1.90. The summed E-state index contributed by atoms with van der Waals surface area (Å²) >= 11 is 3.40. The number of hydrogen-bond acceptors (Lipinski definition) is 1. The number of nitrogens with zero attached hydrogens (tertiary/aromatic N) is 1. The highest BCUT2D eigenvalue weighted by Crippen LogP contribution is 2.22. The molecule has 0 bridgehead atoms. The van der Waals surface area contributed by atoms with Gasteiger partial charge in [-0.1, -0.05) is 28.1 Å². The predicted octanol–water partition coefficient (Wildman–Crippen LogP) is 2.45. The van der Waals surface area contributed by atoms with E-state index >= 15 is 0 Å². The Bertz CT molecular complexity index is 554. The van der Waals surface area contributed by atoms with Crippen molar-refractivity contribution in [2.24, 2.45) is 7.05 Å². The van der Waals surface area contributed by atoms with Crippen molar-refractivity contribution < 1.29 is 0 Å². The van der Waals surface area contributed by atoms with Gasteiger partial charge in [0, 0.05) is 17.2 Å². The number of aryl methyl sites for hydroxylation is 2. The van der Waals surface area contributed by atoms with Crippen LogP contribution in [-0.2, 0) is 7.05 Å². The highest BCUT2D eigenvalue weighted by molar-refractivity contribution is 9.10. The number of rotatable bonds is 1. The molecule has 0 aliphatic carbocycles. The van der Waals surface area contributed by atoms with E-state index < -0.39 is 0 Å². The minimum absolute atomic E-state index is 0.00519. The summed E-state index contributed by atoms with van der Waals surface area (Å²) in [6.07, 6.45) is 0. The molecule has 15 heavy (non-hydrogen) atoms. The maximum Gasteiger partial charge on any atom is 0.274 e. The van der Waals surface area contributed by atoms with Crippen molar-refractivity contribution in [3.8, 4) is 11.1 Å². The molecule has 0 radical (unpaired) electrons. The largest absolute Gasteiger partial charge is 0.300 e.